The third kappa shape index (κ3) is 6.00. The van der Waals surface area contributed by atoms with E-state index in [1.807, 2.05) is 13.8 Å². The lowest BCUT2D eigenvalue weighted by Gasteiger charge is -2.45. The van der Waals surface area contributed by atoms with Gasteiger partial charge in [0.1, 0.15) is 48.4 Å². The lowest BCUT2D eigenvalue weighted by atomic mass is 9.95. The van der Waals surface area contributed by atoms with E-state index in [1.54, 1.807) is 10.9 Å². The second-order valence-electron chi connectivity index (χ2n) is 8.65. The highest BCUT2D eigenvalue weighted by Crippen LogP contribution is 2.38. The van der Waals surface area contributed by atoms with Gasteiger partial charge in [-0.15, -0.1) is 5.10 Å². The standard InChI is InChI=1S/C18H32N3O12P/c1-7(2)21-6-8(19-20-21)15-12(24)13(25)16(18(30-3)32-15)33-17-14(26)11(23)10(22)9(31-17)4-5-34(27,28)29/h6-7,9-18,22-26H,4-5H2,1-3H3,(H2,27,28,29)/t9-,10-,11+,12+,13+,14+,15-,16+,17-,18+/m1/s1. The number of aliphatic hydroxyl groups is 5. The second kappa shape index (κ2) is 10.9. The average molecular weight is 513 g/mol. The Labute approximate surface area is 195 Å². The molecule has 15 nitrogen and oxygen atoms in total. The van der Waals surface area contributed by atoms with Crippen LogP contribution in [0.2, 0.25) is 0 Å². The number of hydrogen-bond acceptors (Lipinski definition) is 12. The van der Waals surface area contributed by atoms with Crippen molar-refractivity contribution in [2.24, 2.45) is 0 Å². The van der Waals surface area contributed by atoms with Crippen LogP contribution in [0.25, 0.3) is 0 Å². The van der Waals surface area contributed by atoms with Gasteiger partial charge in [0.2, 0.25) is 0 Å². The zero-order valence-corrected chi connectivity index (χ0v) is 19.7. The first-order valence-corrected chi connectivity index (χ1v) is 12.5. The van der Waals surface area contributed by atoms with Crippen LogP contribution in [0.3, 0.4) is 0 Å². The molecular weight excluding hydrogens is 481 g/mol. The van der Waals surface area contributed by atoms with Crippen molar-refractivity contribution in [2.75, 3.05) is 13.3 Å². The molecule has 2 aliphatic rings. The van der Waals surface area contributed by atoms with E-state index in [0.29, 0.717) is 0 Å². The number of ether oxygens (including phenoxy) is 4. The molecule has 0 aromatic carbocycles. The highest BCUT2D eigenvalue weighted by molar-refractivity contribution is 7.51. The fraction of sp³-hybridized carbons (Fsp3) is 0.889. The van der Waals surface area contributed by atoms with Crippen LogP contribution < -0.4 is 0 Å². The summed E-state index contributed by atoms with van der Waals surface area (Å²) in [5.74, 6) is 0. The van der Waals surface area contributed by atoms with Crippen molar-refractivity contribution >= 4 is 7.60 Å². The minimum atomic E-state index is -4.42. The molecule has 10 atom stereocenters. The molecule has 2 fully saturated rings. The molecule has 1 aromatic heterocycles. The molecule has 196 valence electrons. The lowest BCUT2D eigenvalue weighted by Crippen LogP contribution is -2.62. The monoisotopic (exact) mass is 513 g/mol. The number of nitrogens with zero attached hydrogens (tertiary/aromatic N) is 3. The van der Waals surface area contributed by atoms with Gasteiger partial charge in [0.05, 0.1) is 18.5 Å². The van der Waals surface area contributed by atoms with Crippen LogP contribution in [-0.4, -0.2) is 119 Å². The zero-order valence-electron chi connectivity index (χ0n) is 18.8. The Kier molecular flexibility index (Phi) is 8.82. The van der Waals surface area contributed by atoms with Crippen molar-refractivity contribution in [3.05, 3.63) is 11.9 Å². The molecule has 0 radical (unpaired) electrons. The molecule has 34 heavy (non-hydrogen) atoms. The first-order valence-electron chi connectivity index (χ1n) is 10.7. The van der Waals surface area contributed by atoms with Crippen molar-refractivity contribution in [1.82, 2.24) is 15.0 Å². The van der Waals surface area contributed by atoms with Gasteiger partial charge < -0.3 is 54.3 Å². The predicted molar refractivity (Wildman–Crippen MR) is 110 cm³/mol. The summed E-state index contributed by atoms with van der Waals surface area (Å²) in [6, 6.07) is -0.00792. The van der Waals surface area contributed by atoms with Gasteiger partial charge >= 0.3 is 7.60 Å². The summed E-state index contributed by atoms with van der Waals surface area (Å²) >= 11 is 0. The predicted octanol–water partition coefficient (Wildman–Crippen LogP) is -2.61. The molecule has 0 unspecified atom stereocenters. The van der Waals surface area contributed by atoms with Gasteiger partial charge in [-0.2, -0.15) is 0 Å². The summed E-state index contributed by atoms with van der Waals surface area (Å²) in [6.45, 7) is 3.75. The van der Waals surface area contributed by atoms with Gasteiger partial charge in [0.15, 0.2) is 12.6 Å². The van der Waals surface area contributed by atoms with E-state index < -0.39 is 75.2 Å². The summed E-state index contributed by atoms with van der Waals surface area (Å²) in [5.41, 5.74) is 0.241. The van der Waals surface area contributed by atoms with Gasteiger partial charge in [-0.1, -0.05) is 5.21 Å². The Morgan fingerprint density at radius 2 is 1.71 bits per heavy atom. The highest BCUT2D eigenvalue weighted by atomic mass is 31.2. The Balaban J connectivity index is 1.74. The number of aromatic nitrogens is 3. The Morgan fingerprint density at radius 1 is 1.03 bits per heavy atom. The third-order valence-electron chi connectivity index (χ3n) is 5.79. The molecule has 16 heteroatoms. The van der Waals surface area contributed by atoms with Gasteiger partial charge in [-0.25, -0.2) is 4.68 Å². The van der Waals surface area contributed by atoms with Crippen molar-refractivity contribution in [3.8, 4) is 0 Å². The van der Waals surface area contributed by atoms with Crippen molar-refractivity contribution in [1.29, 1.82) is 0 Å². The normalized spacial score (nSPS) is 39.5. The first-order chi connectivity index (χ1) is 15.8. The number of rotatable bonds is 8. The van der Waals surface area contributed by atoms with E-state index in [-0.39, 0.29) is 18.2 Å². The van der Waals surface area contributed by atoms with E-state index in [1.165, 1.54) is 7.11 Å². The topological polar surface area (TPSA) is 226 Å². The van der Waals surface area contributed by atoms with E-state index in [9.17, 15) is 30.1 Å². The van der Waals surface area contributed by atoms with Gasteiger partial charge in [-0.3, -0.25) is 4.57 Å². The second-order valence-corrected chi connectivity index (χ2v) is 10.4. The van der Waals surface area contributed by atoms with Gasteiger partial charge in [-0.05, 0) is 20.3 Å². The SMILES string of the molecule is CO[C@H]1O[C@H](c2cn(C(C)C)nn2)[C@@H](O)[C@H](O)[C@@H]1O[C@H]1O[C@H](CCP(=O)(O)O)[C@@H](O)[C@H](O)[C@@H]1O. The van der Waals surface area contributed by atoms with Crippen LogP contribution in [0.15, 0.2) is 6.20 Å². The number of methoxy groups -OCH3 is 1. The molecule has 3 heterocycles. The molecular formula is C18H32N3O12P. The van der Waals surface area contributed by atoms with Crippen molar-refractivity contribution in [3.63, 3.8) is 0 Å². The zero-order chi connectivity index (χ0) is 25.4. The van der Waals surface area contributed by atoms with Crippen LogP contribution in [0.1, 0.15) is 38.1 Å². The van der Waals surface area contributed by atoms with E-state index in [0.717, 1.165) is 0 Å². The minimum Gasteiger partial charge on any atom is -0.388 e. The molecule has 0 amide bonds. The summed E-state index contributed by atoms with van der Waals surface area (Å²) in [6.07, 6.45) is -14.6. The Hall–Kier alpha value is -1.07. The maximum atomic E-state index is 11.2. The number of hydrogen-bond donors (Lipinski definition) is 7. The Morgan fingerprint density at radius 3 is 2.26 bits per heavy atom. The first kappa shape index (κ1) is 27.5. The molecule has 0 spiro atoms. The summed E-state index contributed by atoms with van der Waals surface area (Å²) < 4.78 is 34.7. The van der Waals surface area contributed by atoms with Crippen LogP contribution >= 0.6 is 7.60 Å². The summed E-state index contributed by atoms with van der Waals surface area (Å²) in [7, 11) is -3.17. The molecule has 7 N–H and O–H groups in total. The molecule has 2 saturated heterocycles. The fourth-order valence-corrected chi connectivity index (χ4v) is 4.40. The maximum absolute atomic E-state index is 11.2. The molecule has 2 aliphatic heterocycles. The Bertz CT molecular complexity index is 850. The fourth-order valence-electron chi connectivity index (χ4n) is 3.81. The van der Waals surface area contributed by atoms with Crippen LogP contribution in [0, 0.1) is 0 Å². The van der Waals surface area contributed by atoms with Crippen LogP contribution in [-0.2, 0) is 23.5 Å². The lowest BCUT2D eigenvalue weighted by molar-refractivity contribution is -0.363. The highest BCUT2D eigenvalue weighted by Gasteiger charge is 2.51. The quantitative estimate of drug-likeness (QED) is 0.177. The van der Waals surface area contributed by atoms with Gasteiger partial charge in [0.25, 0.3) is 0 Å². The average Bonchev–Trinajstić information content (AvgIpc) is 3.26. The maximum Gasteiger partial charge on any atom is 0.325 e. The van der Waals surface area contributed by atoms with Gasteiger partial charge in [0, 0.05) is 13.2 Å². The molecule has 0 saturated carbocycles. The number of aliphatic hydroxyl groups excluding tert-OH is 5. The van der Waals surface area contributed by atoms with Crippen LogP contribution in [0.4, 0.5) is 0 Å². The molecule has 0 aliphatic carbocycles. The third-order valence-corrected chi connectivity index (χ3v) is 6.63. The molecule has 3 rings (SSSR count). The van der Waals surface area contributed by atoms with Crippen molar-refractivity contribution < 1.29 is 58.8 Å². The van der Waals surface area contributed by atoms with Crippen LogP contribution in [0.5, 0.6) is 0 Å². The van der Waals surface area contributed by atoms with Crippen molar-refractivity contribution in [2.45, 2.75) is 87.7 Å². The molecule has 0 bridgehead atoms. The summed E-state index contributed by atoms with van der Waals surface area (Å²) in [5, 5.41) is 60.0. The molecule has 1 aromatic rings. The largest absolute Gasteiger partial charge is 0.388 e. The van der Waals surface area contributed by atoms with E-state index >= 15 is 0 Å². The van der Waals surface area contributed by atoms with E-state index in [4.69, 9.17) is 28.7 Å². The smallest absolute Gasteiger partial charge is 0.325 e. The van der Waals surface area contributed by atoms with E-state index in [2.05, 4.69) is 10.3 Å². The summed E-state index contributed by atoms with van der Waals surface area (Å²) in [4.78, 5) is 18.2. The minimum absolute atomic E-state index is 0.00792.